The third kappa shape index (κ3) is 4.80. The fourth-order valence-corrected chi connectivity index (χ4v) is 2.87. The summed E-state index contributed by atoms with van der Waals surface area (Å²) in [5, 5.41) is 0. The molecule has 20 heavy (non-hydrogen) atoms. The number of amides is 1. The van der Waals surface area contributed by atoms with Gasteiger partial charge in [-0.1, -0.05) is 58.8 Å². The molecule has 0 aromatic rings. The van der Waals surface area contributed by atoms with Gasteiger partial charge in [0.05, 0.1) is 0 Å². The normalized spacial score (nSPS) is 18.2. The lowest BCUT2D eigenvalue weighted by atomic mass is 9.86. The quantitative estimate of drug-likeness (QED) is 0.341. The number of nitrogens with zero attached hydrogens (tertiary/aromatic N) is 1. The van der Waals surface area contributed by atoms with Crippen LogP contribution in [0.15, 0.2) is 0 Å². The lowest BCUT2D eigenvalue weighted by Gasteiger charge is -2.37. The molecule has 0 spiro atoms. The zero-order valence-electron chi connectivity index (χ0n) is 13.2. The van der Waals surface area contributed by atoms with Gasteiger partial charge in [-0.2, -0.15) is 0 Å². The number of carbonyl (C=O) groups excluding carboxylic acids is 2. The molecule has 1 rings (SSSR count). The first-order valence-corrected chi connectivity index (χ1v) is 8.05. The van der Waals surface area contributed by atoms with Crippen molar-refractivity contribution in [1.29, 1.82) is 0 Å². The van der Waals surface area contributed by atoms with Crippen LogP contribution in [0.2, 0.25) is 0 Å². The predicted octanol–water partition coefficient (Wildman–Crippen LogP) is 4.27. The van der Waals surface area contributed by atoms with Crippen LogP contribution in [0.4, 0.5) is 4.79 Å². The Kier molecular flexibility index (Phi) is 7.03. The van der Waals surface area contributed by atoms with Gasteiger partial charge in [0.2, 0.25) is 0 Å². The van der Waals surface area contributed by atoms with Gasteiger partial charge < -0.3 is 4.74 Å². The Morgan fingerprint density at radius 3 is 2.05 bits per heavy atom. The van der Waals surface area contributed by atoms with E-state index >= 15 is 0 Å². The summed E-state index contributed by atoms with van der Waals surface area (Å²) in [7, 11) is 0. The van der Waals surface area contributed by atoms with Crippen molar-refractivity contribution in [3.8, 4) is 0 Å². The topological polar surface area (TPSA) is 46.6 Å². The fourth-order valence-electron chi connectivity index (χ4n) is 2.87. The van der Waals surface area contributed by atoms with Crippen LogP contribution in [0.25, 0.3) is 0 Å². The van der Waals surface area contributed by atoms with E-state index in [-0.39, 0.29) is 12.1 Å². The van der Waals surface area contributed by atoms with Gasteiger partial charge in [0.25, 0.3) is 0 Å². The van der Waals surface area contributed by atoms with Crippen LogP contribution >= 0.6 is 0 Å². The summed E-state index contributed by atoms with van der Waals surface area (Å²) < 4.78 is 4.70. The molecule has 0 radical (unpaired) electrons. The third-order valence-corrected chi connectivity index (χ3v) is 4.25. The highest BCUT2D eigenvalue weighted by Crippen LogP contribution is 2.31. The van der Waals surface area contributed by atoms with Gasteiger partial charge in [0.1, 0.15) is 6.54 Å². The molecule has 1 saturated heterocycles. The van der Waals surface area contributed by atoms with Gasteiger partial charge >= 0.3 is 12.1 Å². The van der Waals surface area contributed by atoms with Crippen LogP contribution in [-0.4, -0.2) is 29.0 Å². The summed E-state index contributed by atoms with van der Waals surface area (Å²) in [6.07, 6.45) is 9.62. The summed E-state index contributed by atoms with van der Waals surface area (Å²) in [5.74, 6) is -0.412. The molecule has 1 unspecified atom stereocenters. The Labute approximate surface area is 122 Å². The van der Waals surface area contributed by atoms with Crippen molar-refractivity contribution in [1.82, 2.24) is 4.90 Å². The zero-order valence-corrected chi connectivity index (χ0v) is 13.2. The molecule has 1 atom stereocenters. The van der Waals surface area contributed by atoms with Gasteiger partial charge in [-0.15, -0.1) is 0 Å². The molecule has 4 heteroatoms. The molecule has 116 valence electrons. The smallest absolute Gasteiger partial charge is 0.375 e. The van der Waals surface area contributed by atoms with E-state index in [4.69, 9.17) is 4.74 Å². The summed E-state index contributed by atoms with van der Waals surface area (Å²) in [6.45, 7) is 6.59. The summed E-state index contributed by atoms with van der Waals surface area (Å²) in [6, 6.07) is 0. The molecular formula is C16H29NO3. The first-order chi connectivity index (χ1) is 9.53. The highest BCUT2D eigenvalue weighted by Gasteiger charge is 2.42. The van der Waals surface area contributed by atoms with E-state index in [0.717, 1.165) is 32.1 Å². The van der Waals surface area contributed by atoms with E-state index in [0.29, 0.717) is 0 Å². The van der Waals surface area contributed by atoms with Gasteiger partial charge in [0, 0.05) is 5.54 Å². The second kappa shape index (κ2) is 8.28. The number of unbranched alkanes of at least 4 members (excludes halogenated alkanes) is 5. The molecule has 1 aliphatic heterocycles. The largest absolute Gasteiger partial charge is 0.418 e. The number of carbonyl (C=O) groups is 2. The minimum absolute atomic E-state index is 0.120. The number of ether oxygens (including phenoxy) is 1. The Morgan fingerprint density at radius 2 is 1.55 bits per heavy atom. The lowest BCUT2D eigenvalue weighted by Crippen LogP contribution is -2.47. The molecule has 0 bridgehead atoms. The van der Waals surface area contributed by atoms with Crippen molar-refractivity contribution in [2.45, 2.75) is 84.1 Å². The van der Waals surface area contributed by atoms with Crippen LogP contribution in [0, 0.1) is 0 Å². The third-order valence-electron chi connectivity index (χ3n) is 4.25. The van der Waals surface area contributed by atoms with Gasteiger partial charge in [0.15, 0.2) is 0 Å². The molecule has 1 amide bonds. The van der Waals surface area contributed by atoms with Crippen molar-refractivity contribution in [2.75, 3.05) is 6.54 Å². The van der Waals surface area contributed by atoms with Crippen molar-refractivity contribution in [3.05, 3.63) is 0 Å². The lowest BCUT2D eigenvalue weighted by molar-refractivity contribution is -0.133. The molecule has 1 heterocycles. The first-order valence-electron chi connectivity index (χ1n) is 8.05. The van der Waals surface area contributed by atoms with Gasteiger partial charge in [-0.3, -0.25) is 4.90 Å². The summed E-state index contributed by atoms with van der Waals surface area (Å²) in [5.41, 5.74) is -0.230. The van der Waals surface area contributed by atoms with Gasteiger partial charge in [-0.25, -0.2) is 9.59 Å². The Balaban J connectivity index is 2.62. The van der Waals surface area contributed by atoms with Crippen LogP contribution in [0.1, 0.15) is 78.6 Å². The van der Waals surface area contributed by atoms with Crippen molar-refractivity contribution in [3.63, 3.8) is 0 Å². The van der Waals surface area contributed by atoms with Crippen molar-refractivity contribution >= 4 is 12.1 Å². The van der Waals surface area contributed by atoms with E-state index < -0.39 is 12.1 Å². The maximum Gasteiger partial charge on any atom is 0.418 e. The fraction of sp³-hybridized carbons (Fsp3) is 0.875. The van der Waals surface area contributed by atoms with E-state index in [1.54, 1.807) is 4.90 Å². The molecule has 0 aliphatic carbocycles. The van der Waals surface area contributed by atoms with E-state index in [1.807, 2.05) is 0 Å². The average Bonchev–Trinajstić information content (AvgIpc) is 2.75. The highest BCUT2D eigenvalue weighted by atomic mass is 16.6. The number of cyclic esters (lactones) is 2. The number of hydrogen-bond donors (Lipinski definition) is 0. The minimum atomic E-state index is -0.454. The first kappa shape index (κ1) is 17.0. The van der Waals surface area contributed by atoms with Gasteiger partial charge in [-0.05, 0) is 19.8 Å². The Hall–Kier alpha value is -1.06. The standard InChI is InChI=1S/C16H29NO3/c1-4-6-8-10-12-16(3,11-9-7-5-2)17-13-14(18)20-15(17)19/h4-13H2,1-3H3. The van der Waals surface area contributed by atoms with Crippen LogP contribution < -0.4 is 0 Å². The average molecular weight is 283 g/mol. The van der Waals surface area contributed by atoms with E-state index in [2.05, 4.69) is 20.8 Å². The molecule has 1 fully saturated rings. The van der Waals surface area contributed by atoms with Crippen LogP contribution in [0.5, 0.6) is 0 Å². The molecule has 0 aromatic carbocycles. The van der Waals surface area contributed by atoms with Crippen molar-refractivity contribution in [2.24, 2.45) is 0 Å². The van der Waals surface area contributed by atoms with E-state index in [9.17, 15) is 9.59 Å². The zero-order chi connectivity index (χ0) is 15.0. The molecule has 4 nitrogen and oxygen atoms in total. The summed E-state index contributed by atoms with van der Waals surface area (Å²) in [4.78, 5) is 24.8. The monoisotopic (exact) mass is 283 g/mol. The Bertz CT molecular complexity index is 330. The van der Waals surface area contributed by atoms with Crippen molar-refractivity contribution < 1.29 is 14.3 Å². The second-order valence-corrected chi connectivity index (χ2v) is 6.09. The minimum Gasteiger partial charge on any atom is -0.375 e. The Morgan fingerprint density at radius 1 is 1.00 bits per heavy atom. The van der Waals surface area contributed by atoms with Crippen LogP contribution in [-0.2, 0) is 9.53 Å². The second-order valence-electron chi connectivity index (χ2n) is 6.09. The molecular weight excluding hydrogens is 254 g/mol. The maximum atomic E-state index is 11.8. The molecule has 0 N–H and O–H groups in total. The molecule has 1 aliphatic rings. The van der Waals surface area contributed by atoms with E-state index in [1.165, 1.54) is 25.7 Å². The number of rotatable bonds is 10. The van der Waals surface area contributed by atoms with Crippen LogP contribution in [0.3, 0.4) is 0 Å². The highest BCUT2D eigenvalue weighted by molar-refractivity contribution is 5.93. The molecule has 0 aromatic heterocycles. The maximum absolute atomic E-state index is 11.8. The number of esters is 1. The predicted molar refractivity (Wildman–Crippen MR) is 79.5 cm³/mol. The number of hydrogen-bond acceptors (Lipinski definition) is 3. The summed E-state index contributed by atoms with van der Waals surface area (Å²) >= 11 is 0. The molecule has 0 saturated carbocycles. The SMILES string of the molecule is CCCCCCC(C)(CCCCC)N1CC(=O)OC1=O.